The first kappa shape index (κ1) is 13.3. The number of anilines is 1. The minimum Gasteiger partial charge on any atom is -0.369 e. The number of imidazole rings is 1. The molecule has 1 aromatic carbocycles. The van der Waals surface area contributed by atoms with Crippen LogP contribution in [0, 0.1) is 10.1 Å². The summed E-state index contributed by atoms with van der Waals surface area (Å²) in [6.07, 6.45) is 0.908. The van der Waals surface area contributed by atoms with Crippen molar-refractivity contribution in [3.63, 3.8) is 0 Å². The number of nitro groups is 1. The fraction of sp³-hybridized carbons (Fsp3) is 0.417. The number of non-ortho nitro benzene ring substituents is 1. The highest BCUT2D eigenvalue weighted by molar-refractivity contribution is 5.86. The van der Waals surface area contributed by atoms with Gasteiger partial charge < -0.3 is 15.2 Å². The van der Waals surface area contributed by atoms with Crippen LogP contribution < -0.4 is 5.73 Å². The summed E-state index contributed by atoms with van der Waals surface area (Å²) in [5.41, 5.74) is 6.92. The van der Waals surface area contributed by atoms with E-state index in [-0.39, 0.29) is 5.69 Å². The number of nitrogen functional groups attached to an aromatic ring is 1. The molecule has 0 aliphatic rings. The summed E-state index contributed by atoms with van der Waals surface area (Å²) in [5, 5.41) is 10.9. The molecule has 0 saturated heterocycles. The van der Waals surface area contributed by atoms with Crippen LogP contribution in [-0.4, -0.2) is 40.0 Å². The number of rotatable bonds is 5. The predicted octanol–water partition coefficient (Wildman–Crippen LogP) is 1.48. The quantitative estimate of drug-likeness (QED) is 0.651. The molecule has 0 aliphatic heterocycles. The number of aromatic nitrogens is 2. The molecule has 7 heteroatoms. The molecule has 19 heavy (non-hydrogen) atoms. The average Bonchev–Trinajstić information content (AvgIpc) is 2.65. The van der Waals surface area contributed by atoms with Crippen LogP contribution in [0.1, 0.15) is 6.42 Å². The molecule has 2 aromatic rings. The van der Waals surface area contributed by atoms with E-state index < -0.39 is 4.92 Å². The second-order valence-electron chi connectivity index (χ2n) is 4.68. The summed E-state index contributed by atoms with van der Waals surface area (Å²) in [7, 11) is 4.00. The Hall–Kier alpha value is -2.15. The van der Waals surface area contributed by atoms with Crippen molar-refractivity contribution < 1.29 is 4.92 Å². The fourth-order valence-corrected chi connectivity index (χ4v) is 2.08. The molecule has 1 heterocycles. The molecule has 7 nitrogen and oxygen atoms in total. The lowest BCUT2D eigenvalue weighted by Crippen LogP contribution is -2.15. The van der Waals surface area contributed by atoms with Gasteiger partial charge in [0, 0.05) is 12.6 Å². The van der Waals surface area contributed by atoms with Gasteiger partial charge in [0.2, 0.25) is 5.95 Å². The van der Waals surface area contributed by atoms with Gasteiger partial charge in [-0.05, 0) is 33.1 Å². The highest BCUT2D eigenvalue weighted by atomic mass is 16.6. The Bertz CT molecular complexity index is 605. The molecule has 2 N–H and O–H groups in total. The van der Waals surface area contributed by atoms with Crippen molar-refractivity contribution in [3.05, 3.63) is 28.3 Å². The second-order valence-corrected chi connectivity index (χ2v) is 4.68. The SMILES string of the molecule is CN(C)CCCn1c(N)nc2c([N+](=O)[O-])cccc21. The topological polar surface area (TPSA) is 90.2 Å². The zero-order valence-electron chi connectivity index (χ0n) is 11.0. The van der Waals surface area contributed by atoms with E-state index in [2.05, 4.69) is 9.88 Å². The van der Waals surface area contributed by atoms with Crippen LogP contribution >= 0.6 is 0 Å². The molecular weight excluding hydrogens is 246 g/mol. The standard InChI is InChI=1S/C12H17N5O2/c1-15(2)7-4-8-16-9-5-3-6-10(17(18)19)11(9)14-12(16)13/h3,5-6H,4,7-8H2,1-2H3,(H2,13,14). The van der Waals surface area contributed by atoms with E-state index in [1.807, 2.05) is 18.7 Å². The average molecular weight is 263 g/mol. The number of fused-ring (bicyclic) bond motifs is 1. The van der Waals surface area contributed by atoms with Crippen LogP contribution in [0.4, 0.5) is 11.6 Å². The van der Waals surface area contributed by atoms with E-state index in [1.165, 1.54) is 6.07 Å². The third kappa shape index (κ3) is 2.65. The number of benzene rings is 1. The monoisotopic (exact) mass is 263 g/mol. The van der Waals surface area contributed by atoms with Gasteiger partial charge in [-0.15, -0.1) is 0 Å². The second kappa shape index (κ2) is 5.23. The molecule has 1 aromatic heterocycles. The Kier molecular flexibility index (Phi) is 3.66. The maximum atomic E-state index is 10.9. The summed E-state index contributed by atoms with van der Waals surface area (Å²) in [6.45, 7) is 1.62. The summed E-state index contributed by atoms with van der Waals surface area (Å²) >= 11 is 0. The Morgan fingerprint density at radius 2 is 2.21 bits per heavy atom. The van der Waals surface area contributed by atoms with E-state index in [9.17, 15) is 10.1 Å². The van der Waals surface area contributed by atoms with Crippen LogP contribution in [0.5, 0.6) is 0 Å². The third-order valence-corrected chi connectivity index (χ3v) is 2.97. The van der Waals surface area contributed by atoms with Crippen LogP contribution in [0.25, 0.3) is 11.0 Å². The van der Waals surface area contributed by atoms with Gasteiger partial charge >= 0.3 is 0 Å². The first-order valence-corrected chi connectivity index (χ1v) is 6.04. The third-order valence-electron chi connectivity index (χ3n) is 2.97. The first-order chi connectivity index (χ1) is 9.00. The lowest BCUT2D eigenvalue weighted by molar-refractivity contribution is -0.383. The lowest BCUT2D eigenvalue weighted by Gasteiger charge is -2.10. The molecule has 0 saturated carbocycles. The van der Waals surface area contributed by atoms with Gasteiger partial charge in [-0.25, -0.2) is 4.98 Å². The van der Waals surface area contributed by atoms with E-state index in [0.29, 0.717) is 23.5 Å². The number of nitrogens with two attached hydrogens (primary N) is 1. The predicted molar refractivity (Wildman–Crippen MR) is 74.0 cm³/mol. The smallest absolute Gasteiger partial charge is 0.297 e. The molecule has 0 fully saturated rings. The zero-order chi connectivity index (χ0) is 14.0. The lowest BCUT2D eigenvalue weighted by atomic mass is 10.2. The molecule has 0 spiro atoms. The molecule has 0 aliphatic carbocycles. The minimum atomic E-state index is -0.432. The number of nitrogens with zero attached hydrogens (tertiary/aromatic N) is 4. The summed E-state index contributed by atoms with van der Waals surface area (Å²) in [6, 6.07) is 4.91. The van der Waals surface area contributed by atoms with Crippen molar-refractivity contribution in [2.75, 3.05) is 26.4 Å². The number of nitro benzene ring substituents is 1. The van der Waals surface area contributed by atoms with Gasteiger partial charge in [-0.1, -0.05) is 6.07 Å². The van der Waals surface area contributed by atoms with Gasteiger partial charge in [0.05, 0.1) is 10.4 Å². The maximum Gasteiger partial charge on any atom is 0.297 e. The van der Waals surface area contributed by atoms with E-state index in [4.69, 9.17) is 5.73 Å². The molecule has 0 unspecified atom stereocenters. The van der Waals surface area contributed by atoms with Gasteiger partial charge in [-0.2, -0.15) is 0 Å². The summed E-state index contributed by atoms with van der Waals surface area (Å²) in [5.74, 6) is 0.322. The number of hydrogen-bond donors (Lipinski definition) is 1. The molecular formula is C12H17N5O2. The van der Waals surface area contributed by atoms with Crippen molar-refractivity contribution in [1.82, 2.24) is 14.5 Å². The minimum absolute atomic E-state index is 0.00411. The van der Waals surface area contributed by atoms with Crippen molar-refractivity contribution in [1.29, 1.82) is 0 Å². The number of para-hydroxylation sites is 1. The molecule has 0 radical (unpaired) electrons. The van der Waals surface area contributed by atoms with Gasteiger partial charge in [0.1, 0.15) is 0 Å². The largest absolute Gasteiger partial charge is 0.369 e. The molecule has 0 atom stereocenters. The zero-order valence-corrected chi connectivity index (χ0v) is 11.0. The normalized spacial score (nSPS) is 11.3. The van der Waals surface area contributed by atoms with Crippen molar-refractivity contribution in [2.45, 2.75) is 13.0 Å². The highest BCUT2D eigenvalue weighted by Gasteiger charge is 2.17. The molecule has 0 amide bonds. The summed E-state index contributed by atoms with van der Waals surface area (Å²) in [4.78, 5) is 16.7. The van der Waals surface area contributed by atoms with Gasteiger partial charge in [0.15, 0.2) is 5.52 Å². The van der Waals surface area contributed by atoms with Crippen molar-refractivity contribution in [3.8, 4) is 0 Å². The van der Waals surface area contributed by atoms with Crippen LogP contribution in [-0.2, 0) is 6.54 Å². The van der Waals surface area contributed by atoms with Gasteiger partial charge in [-0.3, -0.25) is 10.1 Å². The Labute approximate surface area is 110 Å². The highest BCUT2D eigenvalue weighted by Crippen LogP contribution is 2.26. The number of aryl methyl sites for hydroxylation is 1. The molecule has 2 rings (SSSR count). The molecule has 0 bridgehead atoms. The van der Waals surface area contributed by atoms with Crippen LogP contribution in [0.15, 0.2) is 18.2 Å². The Morgan fingerprint density at radius 1 is 1.47 bits per heavy atom. The summed E-state index contributed by atoms with van der Waals surface area (Å²) < 4.78 is 1.83. The maximum absolute atomic E-state index is 10.9. The Balaban J connectivity index is 2.37. The van der Waals surface area contributed by atoms with Crippen molar-refractivity contribution in [2.24, 2.45) is 0 Å². The van der Waals surface area contributed by atoms with E-state index >= 15 is 0 Å². The fourth-order valence-electron chi connectivity index (χ4n) is 2.08. The molecule has 102 valence electrons. The van der Waals surface area contributed by atoms with E-state index in [0.717, 1.165) is 13.0 Å². The Morgan fingerprint density at radius 3 is 2.84 bits per heavy atom. The first-order valence-electron chi connectivity index (χ1n) is 6.04. The number of hydrogen-bond acceptors (Lipinski definition) is 5. The van der Waals surface area contributed by atoms with Crippen LogP contribution in [0.2, 0.25) is 0 Å². The van der Waals surface area contributed by atoms with Crippen molar-refractivity contribution >= 4 is 22.7 Å². The van der Waals surface area contributed by atoms with Gasteiger partial charge in [0.25, 0.3) is 5.69 Å². The van der Waals surface area contributed by atoms with Crippen LogP contribution in [0.3, 0.4) is 0 Å². The van der Waals surface area contributed by atoms with E-state index in [1.54, 1.807) is 12.1 Å².